The molecule has 0 fully saturated rings. The van der Waals surface area contributed by atoms with Gasteiger partial charge in [0.1, 0.15) is 0 Å². The summed E-state index contributed by atoms with van der Waals surface area (Å²) in [6.45, 7) is 4.00. The molecule has 0 aliphatic rings. The first-order chi connectivity index (χ1) is 5.72. The van der Waals surface area contributed by atoms with Gasteiger partial charge in [0.05, 0.1) is 17.6 Å². The third kappa shape index (κ3) is 2.75. The zero-order valence-electron chi connectivity index (χ0n) is 7.78. The number of hydrogen-bond acceptors (Lipinski definition) is 4. The molecular formula is C8H16N4. The number of aromatic nitrogens is 1. The van der Waals surface area contributed by atoms with Crippen LogP contribution < -0.4 is 16.6 Å². The minimum atomic E-state index is 0.639. The van der Waals surface area contributed by atoms with Gasteiger partial charge >= 0.3 is 0 Å². The van der Waals surface area contributed by atoms with Crippen molar-refractivity contribution in [2.45, 2.75) is 13.8 Å². The molecule has 1 aromatic heterocycles. The Hall–Kier alpha value is -1.29. The van der Waals surface area contributed by atoms with Crippen molar-refractivity contribution in [1.29, 1.82) is 0 Å². The highest BCUT2D eigenvalue weighted by Crippen LogP contribution is 2.16. The van der Waals surface area contributed by atoms with E-state index < -0.39 is 0 Å². The summed E-state index contributed by atoms with van der Waals surface area (Å²) in [6, 6.07) is 1.71. The van der Waals surface area contributed by atoms with Crippen molar-refractivity contribution < 1.29 is 0 Å². The zero-order chi connectivity index (χ0) is 9.56. The normalized spacial score (nSPS) is 8.33. The van der Waals surface area contributed by atoms with Gasteiger partial charge in [0.2, 0.25) is 0 Å². The highest BCUT2D eigenvalue weighted by atomic mass is 15.4. The highest BCUT2D eigenvalue weighted by molar-refractivity contribution is 5.64. The first-order valence-corrected chi connectivity index (χ1v) is 3.89. The topological polar surface area (TPSA) is 68.2 Å². The molecule has 0 saturated carbocycles. The Kier molecular flexibility index (Phi) is 4.79. The molecule has 0 radical (unpaired) electrons. The largest absolute Gasteiger partial charge is 0.397 e. The van der Waals surface area contributed by atoms with Crippen molar-refractivity contribution in [3.05, 3.63) is 18.5 Å². The molecule has 4 nitrogen and oxygen atoms in total. The van der Waals surface area contributed by atoms with Gasteiger partial charge in [0.25, 0.3) is 0 Å². The second-order valence-electron chi connectivity index (χ2n) is 2.05. The molecule has 4 N–H and O–H groups in total. The first kappa shape index (κ1) is 10.7. The van der Waals surface area contributed by atoms with E-state index in [0.29, 0.717) is 5.69 Å². The van der Waals surface area contributed by atoms with E-state index in [-0.39, 0.29) is 0 Å². The van der Waals surface area contributed by atoms with Crippen molar-refractivity contribution in [2.24, 2.45) is 5.84 Å². The smallest absolute Gasteiger partial charge is 0.0928 e. The molecule has 0 amide bonds. The van der Waals surface area contributed by atoms with Crippen molar-refractivity contribution in [1.82, 2.24) is 4.98 Å². The highest BCUT2D eigenvalue weighted by Gasteiger charge is 1.98. The molecule has 0 unspecified atom stereocenters. The number of rotatable bonds is 1. The Labute approximate surface area is 73.2 Å². The summed E-state index contributed by atoms with van der Waals surface area (Å²) in [4.78, 5) is 3.87. The Morgan fingerprint density at radius 2 is 2.00 bits per heavy atom. The summed E-state index contributed by atoms with van der Waals surface area (Å²) >= 11 is 0. The molecule has 0 aliphatic heterocycles. The summed E-state index contributed by atoms with van der Waals surface area (Å²) in [6.07, 6.45) is 3.25. The number of hydrogen-bond donors (Lipinski definition) is 2. The maximum atomic E-state index is 5.56. The predicted octanol–water partition coefficient (Wildman–Crippen LogP) is 1.000. The molecule has 0 saturated heterocycles. The quantitative estimate of drug-likeness (QED) is 0.485. The minimum absolute atomic E-state index is 0.639. The van der Waals surface area contributed by atoms with Crippen LogP contribution in [0.4, 0.5) is 11.4 Å². The Morgan fingerprint density at radius 3 is 2.33 bits per heavy atom. The van der Waals surface area contributed by atoms with Crippen LogP contribution in [0.2, 0.25) is 0 Å². The minimum Gasteiger partial charge on any atom is -0.397 e. The van der Waals surface area contributed by atoms with Crippen LogP contribution in [-0.2, 0) is 0 Å². The van der Waals surface area contributed by atoms with Crippen molar-refractivity contribution in [3.8, 4) is 0 Å². The molecule has 0 bridgehead atoms. The van der Waals surface area contributed by atoms with Gasteiger partial charge < -0.3 is 10.7 Å². The van der Waals surface area contributed by atoms with E-state index in [1.165, 1.54) is 5.01 Å². The van der Waals surface area contributed by atoms with Crippen molar-refractivity contribution in [3.63, 3.8) is 0 Å². The van der Waals surface area contributed by atoms with E-state index in [9.17, 15) is 0 Å². The third-order valence-electron chi connectivity index (χ3n) is 1.21. The molecule has 4 heteroatoms. The van der Waals surface area contributed by atoms with Gasteiger partial charge in [0, 0.05) is 13.2 Å². The lowest BCUT2D eigenvalue weighted by atomic mass is 10.3. The van der Waals surface area contributed by atoms with Gasteiger partial charge in [-0.05, 0) is 6.07 Å². The molecule has 68 valence electrons. The molecule has 1 heterocycles. The van der Waals surface area contributed by atoms with Gasteiger partial charge in [-0.15, -0.1) is 0 Å². The maximum Gasteiger partial charge on any atom is 0.0928 e. The number of nitrogen functional groups attached to an aromatic ring is 1. The molecule has 0 spiro atoms. The van der Waals surface area contributed by atoms with Crippen LogP contribution >= 0.6 is 0 Å². The lowest BCUT2D eigenvalue weighted by Gasteiger charge is -2.12. The monoisotopic (exact) mass is 168 g/mol. The molecular weight excluding hydrogens is 152 g/mol. The first-order valence-electron chi connectivity index (χ1n) is 3.89. The van der Waals surface area contributed by atoms with Gasteiger partial charge in [-0.1, -0.05) is 13.8 Å². The maximum absolute atomic E-state index is 5.56. The molecule has 1 aromatic rings. The fraction of sp³-hybridized carbons (Fsp3) is 0.375. The van der Waals surface area contributed by atoms with Crippen LogP contribution in [-0.4, -0.2) is 12.0 Å². The van der Waals surface area contributed by atoms with Crippen LogP contribution in [0, 0.1) is 0 Å². The van der Waals surface area contributed by atoms with Crippen LogP contribution in [0.15, 0.2) is 18.5 Å². The van der Waals surface area contributed by atoms with Gasteiger partial charge in [-0.25, -0.2) is 5.84 Å². The number of hydrazine groups is 1. The third-order valence-corrected chi connectivity index (χ3v) is 1.21. The van der Waals surface area contributed by atoms with Crippen LogP contribution in [0.5, 0.6) is 0 Å². The summed E-state index contributed by atoms with van der Waals surface area (Å²) in [5.41, 5.74) is 6.94. The van der Waals surface area contributed by atoms with Gasteiger partial charge in [-0.3, -0.25) is 4.98 Å². The molecule has 0 aliphatic carbocycles. The molecule has 0 atom stereocenters. The Morgan fingerprint density at radius 1 is 1.42 bits per heavy atom. The fourth-order valence-corrected chi connectivity index (χ4v) is 0.692. The SMILES string of the molecule is CC.CN(N)c1cnccc1N. The standard InChI is InChI=1S/C6H10N4.C2H6/c1-10(8)6-4-9-3-2-5(6)7;1-2/h2-4H,8H2,1H3,(H2,7,9);1-2H3. The number of nitrogens with two attached hydrogens (primary N) is 2. The summed E-state index contributed by atoms with van der Waals surface area (Å²) in [7, 11) is 1.72. The van der Waals surface area contributed by atoms with E-state index in [0.717, 1.165) is 5.69 Å². The Bertz CT molecular complexity index is 222. The van der Waals surface area contributed by atoms with Gasteiger partial charge in [0.15, 0.2) is 0 Å². The summed E-state index contributed by atoms with van der Waals surface area (Å²) in [5, 5.41) is 1.43. The van der Waals surface area contributed by atoms with Crippen molar-refractivity contribution >= 4 is 11.4 Å². The number of anilines is 2. The van der Waals surface area contributed by atoms with Crippen LogP contribution in [0.25, 0.3) is 0 Å². The van der Waals surface area contributed by atoms with E-state index in [2.05, 4.69) is 4.98 Å². The lowest BCUT2D eigenvalue weighted by molar-refractivity contribution is 1.01. The molecule has 0 aromatic carbocycles. The lowest BCUT2D eigenvalue weighted by Crippen LogP contribution is -2.26. The Balaban J connectivity index is 0.000000561. The van der Waals surface area contributed by atoms with Crippen LogP contribution in [0.1, 0.15) is 13.8 Å². The second kappa shape index (κ2) is 5.37. The average Bonchev–Trinajstić information content (AvgIpc) is 2.08. The van der Waals surface area contributed by atoms with E-state index in [1.54, 1.807) is 25.5 Å². The second-order valence-corrected chi connectivity index (χ2v) is 2.05. The fourth-order valence-electron chi connectivity index (χ4n) is 0.692. The summed E-state index contributed by atoms with van der Waals surface area (Å²) < 4.78 is 0. The van der Waals surface area contributed by atoms with E-state index >= 15 is 0 Å². The predicted molar refractivity (Wildman–Crippen MR) is 52.6 cm³/mol. The van der Waals surface area contributed by atoms with Crippen molar-refractivity contribution in [2.75, 3.05) is 17.8 Å². The molecule has 12 heavy (non-hydrogen) atoms. The average molecular weight is 168 g/mol. The van der Waals surface area contributed by atoms with Crippen LogP contribution in [0.3, 0.4) is 0 Å². The zero-order valence-corrected chi connectivity index (χ0v) is 7.78. The number of nitrogens with zero attached hydrogens (tertiary/aromatic N) is 2. The summed E-state index contributed by atoms with van der Waals surface area (Å²) in [5.74, 6) is 5.43. The van der Waals surface area contributed by atoms with E-state index in [4.69, 9.17) is 11.6 Å². The number of pyridine rings is 1. The van der Waals surface area contributed by atoms with E-state index in [1.807, 2.05) is 13.8 Å². The molecule has 1 rings (SSSR count). The van der Waals surface area contributed by atoms with Gasteiger partial charge in [-0.2, -0.15) is 0 Å².